The minimum absolute atomic E-state index is 0. The first-order valence-corrected chi connectivity index (χ1v) is 10.6. The summed E-state index contributed by atoms with van der Waals surface area (Å²) in [6.45, 7) is 11.3. The van der Waals surface area contributed by atoms with Gasteiger partial charge in [0.2, 0.25) is 0 Å². The number of hydrogen-bond donors (Lipinski definition) is 3. The molecule has 1 saturated heterocycles. The third-order valence-corrected chi connectivity index (χ3v) is 4.78. The second kappa shape index (κ2) is 13.0. The summed E-state index contributed by atoms with van der Waals surface area (Å²) in [5.74, 6) is 0.871. The van der Waals surface area contributed by atoms with Crippen molar-refractivity contribution in [1.82, 2.24) is 15.5 Å². The standard InChI is InChI=1S/C22H37N5O2.HI/c1-6-23-20(25-16-19-8-7-15-27(19)5)24-14-13-17-9-11-18(12-10-17)26-21(28)29-22(2,3)4;/h9-12,19H,6-8,13-16H2,1-5H3,(H,26,28)(H2,23,24,25);1H. The minimum Gasteiger partial charge on any atom is -0.444 e. The number of ether oxygens (including phenoxy) is 1. The number of guanidine groups is 1. The van der Waals surface area contributed by atoms with Crippen LogP contribution in [0.1, 0.15) is 46.1 Å². The molecule has 1 atom stereocenters. The molecule has 1 aromatic carbocycles. The number of nitrogens with one attached hydrogen (secondary N) is 3. The topological polar surface area (TPSA) is 78.0 Å². The number of rotatable bonds is 7. The van der Waals surface area contributed by atoms with Crippen LogP contribution < -0.4 is 16.0 Å². The maximum Gasteiger partial charge on any atom is 0.412 e. The third-order valence-electron chi connectivity index (χ3n) is 4.78. The molecule has 1 aliphatic heterocycles. The second-order valence-corrected chi connectivity index (χ2v) is 8.50. The average Bonchev–Trinajstić information content (AvgIpc) is 3.04. The Bertz CT molecular complexity index is 673. The van der Waals surface area contributed by atoms with E-state index in [-0.39, 0.29) is 24.0 Å². The van der Waals surface area contributed by atoms with Crippen LogP contribution >= 0.6 is 24.0 Å². The zero-order valence-corrected chi connectivity index (χ0v) is 21.3. The number of hydrogen-bond acceptors (Lipinski definition) is 4. The molecule has 0 radical (unpaired) electrons. The lowest BCUT2D eigenvalue weighted by Crippen LogP contribution is -2.39. The Morgan fingerprint density at radius 3 is 2.50 bits per heavy atom. The number of carbonyl (C=O) groups excluding carboxylic acids is 1. The lowest BCUT2D eigenvalue weighted by Gasteiger charge is -2.19. The summed E-state index contributed by atoms with van der Waals surface area (Å²) in [6, 6.07) is 8.39. The number of nitrogens with zero attached hydrogens (tertiary/aromatic N) is 2. The Morgan fingerprint density at radius 2 is 1.93 bits per heavy atom. The summed E-state index contributed by atoms with van der Waals surface area (Å²) >= 11 is 0. The van der Waals surface area contributed by atoms with Gasteiger partial charge >= 0.3 is 6.09 Å². The zero-order chi connectivity index (χ0) is 21.3. The second-order valence-electron chi connectivity index (χ2n) is 8.50. The molecule has 1 aliphatic rings. The van der Waals surface area contributed by atoms with Crippen molar-refractivity contribution < 1.29 is 9.53 Å². The van der Waals surface area contributed by atoms with Gasteiger partial charge < -0.3 is 20.3 Å². The first-order chi connectivity index (χ1) is 13.8. The smallest absolute Gasteiger partial charge is 0.412 e. The van der Waals surface area contributed by atoms with Crippen molar-refractivity contribution in [1.29, 1.82) is 0 Å². The Hall–Kier alpha value is -1.55. The van der Waals surface area contributed by atoms with Crippen LogP contribution in [0.3, 0.4) is 0 Å². The van der Waals surface area contributed by atoms with Gasteiger partial charge in [0.15, 0.2) is 5.96 Å². The van der Waals surface area contributed by atoms with Crippen molar-refractivity contribution in [3.63, 3.8) is 0 Å². The van der Waals surface area contributed by atoms with E-state index in [0.29, 0.717) is 6.04 Å². The molecule has 170 valence electrons. The highest BCUT2D eigenvalue weighted by atomic mass is 127. The molecule has 2 rings (SSSR count). The monoisotopic (exact) mass is 531 g/mol. The zero-order valence-electron chi connectivity index (χ0n) is 19.0. The summed E-state index contributed by atoms with van der Waals surface area (Å²) in [5, 5.41) is 9.48. The van der Waals surface area contributed by atoms with Gasteiger partial charge in [0.25, 0.3) is 0 Å². The van der Waals surface area contributed by atoms with Crippen LogP contribution in [0.15, 0.2) is 29.3 Å². The van der Waals surface area contributed by atoms with Crippen LogP contribution in [0.2, 0.25) is 0 Å². The first kappa shape index (κ1) is 26.5. The highest BCUT2D eigenvalue weighted by Crippen LogP contribution is 2.15. The molecule has 1 amide bonds. The molecule has 0 saturated carbocycles. The molecule has 7 nitrogen and oxygen atoms in total. The Labute approximate surface area is 198 Å². The number of benzene rings is 1. The Morgan fingerprint density at radius 1 is 1.23 bits per heavy atom. The van der Waals surface area contributed by atoms with Gasteiger partial charge in [-0.2, -0.15) is 0 Å². The lowest BCUT2D eigenvalue weighted by molar-refractivity contribution is 0.0636. The largest absolute Gasteiger partial charge is 0.444 e. The van der Waals surface area contributed by atoms with Crippen LogP contribution in [0.5, 0.6) is 0 Å². The van der Waals surface area contributed by atoms with Crippen molar-refractivity contribution in [3.8, 4) is 0 Å². The van der Waals surface area contributed by atoms with Gasteiger partial charge in [0.05, 0.1) is 6.54 Å². The number of aliphatic imine (C=N–C) groups is 1. The van der Waals surface area contributed by atoms with Crippen molar-refractivity contribution in [2.75, 3.05) is 38.5 Å². The molecular formula is C22H38IN5O2. The predicted octanol–water partition coefficient (Wildman–Crippen LogP) is 3.84. The molecule has 3 N–H and O–H groups in total. The summed E-state index contributed by atoms with van der Waals surface area (Å²) in [7, 11) is 2.18. The van der Waals surface area contributed by atoms with Gasteiger partial charge in [-0.25, -0.2) is 4.79 Å². The van der Waals surface area contributed by atoms with Crippen molar-refractivity contribution >= 4 is 41.7 Å². The van der Waals surface area contributed by atoms with E-state index in [4.69, 9.17) is 9.73 Å². The number of likely N-dealkylation sites (tertiary alicyclic amines) is 1. The quantitative estimate of drug-likeness (QED) is 0.283. The fraction of sp³-hybridized carbons (Fsp3) is 0.636. The summed E-state index contributed by atoms with van der Waals surface area (Å²) in [5.41, 5.74) is 1.42. The molecule has 0 spiro atoms. The molecule has 8 heteroatoms. The van der Waals surface area contributed by atoms with Crippen LogP contribution in [0, 0.1) is 0 Å². The molecule has 1 heterocycles. The molecule has 0 aliphatic carbocycles. The van der Waals surface area contributed by atoms with Crippen molar-refractivity contribution in [2.45, 2.75) is 58.6 Å². The van der Waals surface area contributed by atoms with E-state index in [1.807, 2.05) is 45.0 Å². The molecule has 0 aromatic heterocycles. The highest BCUT2D eigenvalue weighted by Gasteiger charge is 2.20. The SMILES string of the molecule is CCNC(=NCC1CCCN1C)NCCc1ccc(NC(=O)OC(C)(C)C)cc1.I. The number of anilines is 1. The molecule has 30 heavy (non-hydrogen) atoms. The summed E-state index contributed by atoms with van der Waals surface area (Å²) in [6.07, 6.45) is 2.93. The van der Waals surface area contributed by atoms with Gasteiger partial charge in [-0.1, -0.05) is 12.1 Å². The van der Waals surface area contributed by atoms with Crippen LogP contribution in [-0.2, 0) is 11.2 Å². The molecule has 1 unspecified atom stereocenters. The summed E-state index contributed by atoms with van der Waals surface area (Å²) in [4.78, 5) is 19.0. The minimum atomic E-state index is -0.505. The Balaban J connectivity index is 0.00000450. The van der Waals surface area contributed by atoms with Crippen LogP contribution in [0.25, 0.3) is 0 Å². The third kappa shape index (κ3) is 9.97. The van der Waals surface area contributed by atoms with E-state index >= 15 is 0 Å². The molecule has 0 bridgehead atoms. The van der Waals surface area contributed by atoms with E-state index in [0.717, 1.165) is 37.7 Å². The van der Waals surface area contributed by atoms with Gasteiger partial charge in [-0.05, 0) is 78.2 Å². The van der Waals surface area contributed by atoms with E-state index in [1.165, 1.54) is 24.9 Å². The Kier molecular flexibility index (Phi) is 11.5. The van der Waals surface area contributed by atoms with Gasteiger partial charge in [-0.15, -0.1) is 24.0 Å². The highest BCUT2D eigenvalue weighted by molar-refractivity contribution is 14.0. The lowest BCUT2D eigenvalue weighted by atomic mass is 10.1. The van der Waals surface area contributed by atoms with Gasteiger partial charge in [0, 0.05) is 24.8 Å². The molecule has 1 fully saturated rings. The normalized spacial score (nSPS) is 17.2. The van der Waals surface area contributed by atoms with Crippen LogP contribution in [-0.4, -0.2) is 61.8 Å². The van der Waals surface area contributed by atoms with E-state index in [1.54, 1.807) is 0 Å². The number of halogens is 1. The maximum atomic E-state index is 11.8. The average molecular weight is 531 g/mol. The molecule has 1 aromatic rings. The van der Waals surface area contributed by atoms with Crippen LogP contribution in [0.4, 0.5) is 10.5 Å². The summed E-state index contributed by atoms with van der Waals surface area (Å²) < 4.78 is 5.27. The van der Waals surface area contributed by atoms with E-state index in [9.17, 15) is 4.79 Å². The van der Waals surface area contributed by atoms with Crippen molar-refractivity contribution in [3.05, 3.63) is 29.8 Å². The number of likely N-dealkylation sites (N-methyl/N-ethyl adjacent to an activating group) is 1. The fourth-order valence-electron chi connectivity index (χ4n) is 3.25. The van der Waals surface area contributed by atoms with Crippen molar-refractivity contribution in [2.24, 2.45) is 4.99 Å². The molecular weight excluding hydrogens is 493 g/mol. The van der Waals surface area contributed by atoms with E-state index in [2.05, 4.69) is 34.8 Å². The predicted molar refractivity (Wildman–Crippen MR) is 135 cm³/mol. The fourth-order valence-corrected chi connectivity index (χ4v) is 3.25. The number of amides is 1. The number of carbonyl (C=O) groups is 1. The van der Waals surface area contributed by atoms with Gasteiger partial charge in [-0.3, -0.25) is 10.3 Å². The maximum absolute atomic E-state index is 11.8. The van der Waals surface area contributed by atoms with E-state index < -0.39 is 11.7 Å². The first-order valence-electron chi connectivity index (χ1n) is 10.6. The van der Waals surface area contributed by atoms with Gasteiger partial charge in [0.1, 0.15) is 5.60 Å².